The van der Waals surface area contributed by atoms with Gasteiger partial charge in [-0.2, -0.15) is 0 Å². The number of ether oxygens (including phenoxy) is 1. The molecule has 21 heavy (non-hydrogen) atoms. The average molecular weight is 296 g/mol. The molecule has 7 heteroatoms. The number of methoxy groups -OCH3 is 1. The molecule has 0 aromatic heterocycles. The molecule has 2 rings (SSSR count). The minimum absolute atomic E-state index is 0.108. The third-order valence-electron chi connectivity index (χ3n) is 3.62. The normalized spacial score (nSPS) is 21.2. The van der Waals surface area contributed by atoms with Crippen molar-refractivity contribution in [3.05, 3.63) is 24.0 Å². The zero-order chi connectivity index (χ0) is 15.6. The standard InChI is InChI=1S/C14H17FN2O4/c1-8-5-6-17(12(8)13(18)19)14(20)16-10-4-3-9(15)7-11(10)21-2/h3-4,7-8,12H,5-6H2,1-2H3,(H,16,20)(H,18,19). The van der Waals surface area contributed by atoms with Gasteiger partial charge in [0.15, 0.2) is 0 Å². The lowest BCUT2D eigenvalue weighted by Crippen LogP contribution is -2.44. The number of hydrogen-bond donors (Lipinski definition) is 2. The molecule has 1 aliphatic heterocycles. The molecule has 1 heterocycles. The second-order valence-electron chi connectivity index (χ2n) is 5.02. The third-order valence-corrected chi connectivity index (χ3v) is 3.62. The van der Waals surface area contributed by atoms with Gasteiger partial charge in [0.2, 0.25) is 0 Å². The molecule has 0 aliphatic carbocycles. The molecule has 0 bridgehead atoms. The highest BCUT2D eigenvalue weighted by molar-refractivity contribution is 5.94. The van der Waals surface area contributed by atoms with Crippen LogP contribution in [0, 0.1) is 11.7 Å². The van der Waals surface area contributed by atoms with E-state index < -0.39 is 23.9 Å². The van der Waals surface area contributed by atoms with E-state index in [9.17, 15) is 19.1 Å². The van der Waals surface area contributed by atoms with Crippen molar-refractivity contribution in [2.45, 2.75) is 19.4 Å². The average Bonchev–Trinajstić information content (AvgIpc) is 2.82. The first-order valence-corrected chi connectivity index (χ1v) is 6.58. The van der Waals surface area contributed by atoms with Crippen molar-refractivity contribution in [1.29, 1.82) is 0 Å². The minimum Gasteiger partial charge on any atom is -0.494 e. The van der Waals surface area contributed by atoms with E-state index in [4.69, 9.17) is 4.74 Å². The van der Waals surface area contributed by atoms with Crippen LogP contribution in [-0.4, -0.2) is 41.7 Å². The summed E-state index contributed by atoms with van der Waals surface area (Å²) in [6, 6.07) is 2.34. The first kappa shape index (κ1) is 15.1. The third kappa shape index (κ3) is 3.07. The van der Waals surface area contributed by atoms with Crippen molar-refractivity contribution in [2.75, 3.05) is 19.0 Å². The van der Waals surface area contributed by atoms with Crippen LogP contribution in [0.25, 0.3) is 0 Å². The highest BCUT2D eigenvalue weighted by Crippen LogP contribution is 2.28. The number of halogens is 1. The van der Waals surface area contributed by atoms with E-state index in [0.717, 1.165) is 6.07 Å². The van der Waals surface area contributed by atoms with Crippen LogP contribution in [0.4, 0.5) is 14.9 Å². The van der Waals surface area contributed by atoms with Crippen LogP contribution >= 0.6 is 0 Å². The number of carbonyl (C=O) groups is 2. The maximum Gasteiger partial charge on any atom is 0.326 e. The molecule has 2 atom stereocenters. The van der Waals surface area contributed by atoms with Crippen molar-refractivity contribution in [3.8, 4) is 5.75 Å². The number of aliphatic carboxylic acids is 1. The molecule has 1 saturated heterocycles. The van der Waals surface area contributed by atoms with Gasteiger partial charge < -0.3 is 20.1 Å². The largest absolute Gasteiger partial charge is 0.494 e. The Morgan fingerprint density at radius 3 is 2.81 bits per heavy atom. The predicted molar refractivity (Wildman–Crippen MR) is 73.9 cm³/mol. The fourth-order valence-corrected chi connectivity index (χ4v) is 2.51. The number of nitrogens with one attached hydrogen (secondary N) is 1. The summed E-state index contributed by atoms with van der Waals surface area (Å²) in [5.74, 6) is -1.44. The van der Waals surface area contributed by atoms with Crippen molar-refractivity contribution in [3.63, 3.8) is 0 Å². The fourth-order valence-electron chi connectivity index (χ4n) is 2.51. The summed E-state index contributed by atoms with van der Waals surface area (Å²) in [6.07, 6.45) is 0.630. The van der Waals surface area contributed by atoms with Gasteiger partial charge in [0, 0.05) is 12.6 Å². The van der Waals surface area contributed by atoms with Crippen LogP contribution in [0.3, 0.4) is 0 Å². The second-order valence-corrected chi connectivity index (χ2v) is 5.02. The maximum atomic E-state index is 13.1. The van der Waals surface area contributed by atoms with E-state index >= 15 is 0 Å². The fraction of sp³-hybridized carbons (Fsp3) is 0.429. The summed E-state index contributed by atoms with van der Waals surface area (Å²) in [5, 5.41) is 11.8. The van der Waals surface area contributed by atoms with Gasteiger partial charge in [0.05, 0.1) is 12.8 Å². The molecule has 6 nitrogen and oxygen atoms in total. The van der Waals surface area contributed by atoms with Crippen LogP contribution < -0.4 is 10.1 Å². The van der Waals surface area contributed by atoms with Gasteiger partial charge in [-0.25, -0.2) is 14.0 Å². The van der Waals surface area contributed by atoms with Gasteiger partial charge >= 0.3 is 12.0 Å². The van der Waals surface area contributed by atoms with Gasteiger partial charge in [-0.05, 0) is 24.5 Å². The number of carboxylic acids is 1. The van der Waals surface area contributed by atoms with E-state index in [-0.39, 0.29) is 11.7 Å². The van der Waals surface area contributed by atoms with Crippen LogP contribution in [0.2, 0.25) is 0 Å². The van der Waals surface area contributed by atoms with E-state index in [1.807, 2.05) is 0 Å². The molecular weight excluding hydrogens is 279 g/mol. The highest BCUT2D eigenvalue weighted by Gasteiger charge is 2.39. The van der Waals surface area contributed by atoms with Crippen LogP contribution in [0.15, 0.2) is 18.2 Å². The number of hydrogen-bond acceptors (Lipinski definition) is 3. The zero-order valence-corrected chi connectivity index (χ0v) is 11.8. The lowest BCUT2D eigenvalue weighted by Gasteiger charge is -2.24. The van der Waals surface area contributed by atoms with E-state index in [1.165, 1.54) is 24.1 Å². The Bertz CT molecular complexity index is 564. The van der Waals surface area contributed by atoms with Gasteiger partial charge in [0.1, 0.15) is 17.6 Å². The SMILES string of the molecule is COc1cc(F)ccc1NC(=O)N1CCC(C)C1C(=O)O. The lowest BCUT2D eigenvalue weighted by atomic mass is 10.0. The summed E-state index contributed by atoms with van der Waals surface area (Å²) in [4.78, 5) is 24.8. The number of urea groups is 1. The van der Waals surface area contributed by atoms with Crippen molar-refractivity contribution >= 4 is 17.7 Å². The van der Waals surface area contributed by atoms with Crippen LogP contribution in [0.1, 0.15) is 13.3 Å². The smallest absolute Gasteiger partial charge is 0.326 e. The molecule has 0 spiro atoms. The molecule has 114 valence electrons. The Balaban J connectivity index is 2.16. The Labute approximate surface area is 121 Å². The number of likely N-dealkylation sites (tertiary alicyclic amines) is 1. The lowest BCUT2D eigenvalue weighted by molar-refractivity contribution is -0.142. The van der Waals surface area contributed by atoms with Crippen molar-refractivity contribution in [1.82, 2.24) is 4.90 Å². The van der Waals surface area contributed by atoms with Crippen molar-refractivity contribution < 1.29 is 23.8 Å². The molecule has 0 saturated carbocycles. The summed E-state index contributed by atoms with van der Waals surface area (Å²) in [7, 11) is 1.36. The number of rotatable bonds is 3. The predicted octanol–water partition coefficient (Wildman–Crippen LogP) is 2.16. The summed E-state index contributed by atoms with van der Waals surface area (Å²) < 4.78 is 18.1. The molecule has 2 unspecified atom stereocenters. The topological polar surface area (TPSA) is 78.9 Å². The highest BCUT2D eigenvalue weighted by atomic mass is 19.1. The number of nitrogens with zero attached hydrogens (tertiary/aromatic N) is 1. The van der Waals surface area contributed by atoms with Gasteiger partial charge in [-0.1, -0.05) is 6.92 Å². The van der Waals surface area contributed by atoms with Crippen LogP contribution in [-0.2, 0) is 4.79 Å². The van der Waals surface area contributed by atoms with E-state index in [1.54, 1.807) is 6.92 Å². The minimum atomic E-state index is -1.03. The van der Waals surface area contributed by atoms with Gasteiger partial charge in [0.25, 0.3) is 0 Å². The number of benzene rings is 1. The quantitative estimate of drug-likeness (QED) is 0.896. The number of carbonyl (C=O) groups excluding carboxylic acids is 1. The van der Waals surface area contributed by atoms with Gasteiger partial charge in [-0.15, -0.1) is 0 Å². The molecule has 2 amide bonds. The first-order valence-electron chi connectivity index (χ1n) is 6.58. The van der Waals surface area contributed by atoms with E-state index in [0.29, 0.717) is 18.7 Å². The molecule has 2 N–H and O–H groups in total. The second kappa shape index (κ2) is 5.99. The Morgan fingerprint density at radius 1 is 1.48 bits per heavy atom. The number of amides is 2. The molecular formula is C14H17FN2O4. The van der Waals surface area contributed by atoms with Gasteiger partial charge in [-0.3, -0.25) is 0 Å². The Hall–Kier alpha value is -2.31. The van der Waals surface area contributed by atoms with Crippen molar-refractivity contribution in [2.24, 2.45) is 5.92 Å². The summed E-state index contributed by atoms with van der Waals surface area (Å²) in [5.41, 5.74) is 0.299. The Kier molecular flexibility index (Phi) is 4.30. The Morgan fingerprint density at radius 2 is 2.19 bits per heavy atom. The first-order chi connectivity index (χ1) is 9.93. The molecule has 0 radical (unpaired) electrons. The molecule has 1 fully saturated rings. The van der Waals surface area contributed by atoms with E-state index in [2.05, 4.69) is 5.32 Å². The molecule has 1 aromatic rings. The number of anilines is 1. The van der Waals surface area contributed by atoms with Crippen LogP contribution in [0.5, 0.6) is 5.75 Å². The zero-order valence-electron chi connectivity index (χ0n) is 11.8. The maximum absolute atomic E-state index is 13.1. The number of carboxylic acid groups (broad SMARTS) is 1. The molecule has 1 aromatic carbocycles. The summed E-state index contributed by atoms with van der Waals surface area (Å²) in [6.45, 7) is 2.16. The monoisotopic (exact) mass is 296 g/mol. The molecule has 1 aliphatic rings. The summed E-state index contributed by atoms with van der Waals surface area (Å²) >= 11 is 0.